The van der Waals surface area contributed by atoms with E-state index < -0.39 is 0 Å². The zero-order valence-electron chi connectivity index (χ0n) is 6.90. The van der Waals surface area contributed by atoms with E-state index in [-0.39, 0.29) is 0 Å². The van der Waals surface area contributed by atoms with E-state index in [1.165, 1.54) is 0 Å². The van der Waals surface area contributed by atoms with Crippen molar-refractivity contribution >= 4 is 29.7 Å². The lowest BCUT2D eigenvalue weighted by molar-refractivity contribution is 0.112. The Morgan fingerprint density at radius 3 is 2.31 bits per heavy atom. The molecule has 0 aliphatic heterocycles. The highest BCUT2D eigenvalue weighted by atomic mass is 32.1. The zero-order chi connectivity index (χ0) is 9.26. The number of hydrogen-bond acceptors (Lipinski definition) is 2. The first-order chi connectivity index (χ1) is 6.31. The second-order valence-electron chi connectivity index (χ2n) is 2.88. The number of aldehydes is 1. The molecule has 0 bridgehead atoms. The normalized spacial score (nSPS) is 10.2. The molecule has 0 N–H and O–H groups in total. The maximum absolute atomic E-state index is 10.6. The third-order valence-corrected chi connectivity index (χ3v) is 2.41. The van der Waals surface area contributed by atoms with E-state index >= 15 is 0 Å². The van der Waals surface area contributed by atoms with Crippen molar-refractivity contribution in [2.24, 2.45) is 0 Å². The van der Waals surface area contributed by atoms with Gasteiger partial charge in [-0.15, -0.1) is 12.6 Å². The van der Waals surface area contributed by atoms with E-state index in [0.717, 1.165) is 22.0 Å². The lowest BCUT2D eigenvalue weighted by atomic mass is 10.1. The van der Waals surface area contributed by atoms with Crippen LogP contribution in [0.4, 0.5) is 0 Å². The Labute approximate surface area is 81.8 Å². The van der Waals surface area contributed by atoms with Crippen molar-refractivity contribution in [3.63, 3.8) is 0 Å². The van der Waals surface area contributed by atoms with E-state index in [4.69, 9.17) is 0 Å². The molecule has 64 valence electrons. The zero-order valence-corrected chi connectivity index (χ0v) is 7.79. The standard InChI is InChI=1S/C11H8OS/c12-7-10-5-8-3-1-2-4-9(8)6-11(10)13/h1-7,13H. The number of fused-ring (bicyclic) bond motifs is 1. The van der Waals surface area contributed by atoms with E-state index in [1.807, 2.05) is 36.4 Å². The van der Waals surface area contributed by atoms with Crippen LogP contribution < -0.4 is 0 Å². The van der Waals surface area contributed by atoms with Crippen molar-refractivity contribution in [2.75, 3.05) is 0 Å². The van der Waals surface area contributed by atoms with Gasteiger partial charge in [0.15, 0.2) is 6.29 Å². The molecule has 0 aliphatic rings. The fraction of sp³-hybridized carbons (Fsp3) is 0. The van der Waals surface area contributed by atoms with Gasteiger partial charge in [-0.25, -0.2) is 0 Å². The molecule has 0 aliphatic carbocycles. The van der Waals surface area contributed by atoms with Crippen molar-refractivity contribution in [1.29, 1.82) is 0 Å². The first-order valence-electron chi connectivity index (χ1n) is 3.98. The van der Waals surface area contributed by atoms with Crippen LogP contribution in [0.3, 0.4) is 0 Å². The van der Waals surface area contributed by atoms with Gasteiger partial charge in [0.05, 0.1) is 0 Å². The van der Waals surface area contributed by atoms with Crippen molar-refractivity contribution in [1.82, 2.24) is 0 Å². The largest absolute Gasteiger partial charge is 0.298 e. The molecule has 1 nitrogen and oxygen atoms in total. The van der Waals surface area contributed by atoms with Crippen molar-refractivity contribution in [3.05, 3.63) is 42.0 Å². The molecular formula is C11H8OS. The second-order valence-corrected chi connectivity index (χ2v) is 3.36. The van der Waals surface area contributed by atoms with Gasteiger partial charge in [0.1, 0.15) is 0 Å². The van der Waals surface area contributed by atoms with Gasteiger partial charge in [-0.05, 0) is 22.9 Å². The van der Waals surface area contributed by atoms with Crippen LogP contribution in [0, 0.1) is 0 Å². The molecule has 0 unspecified atom stereocenters. The number of benzene rings is 2. The Balaban J connectivity index is 2.81. The number of carbonyl (C=O) groups is 1. The number of rotatable bonds is 1. The van der Waals surface area contributed by atoms with Gasteiger partial charge in [-0.1, -0.05) is 24.3 Å². The molecule has 2 aromatic rings. The van der Waals surface area contributed by atoms with Gasteiger partial charge < -0.3 is 0 Å². The minimum Gasteiger partial charge on any atom is -0.298 e. The van der Waals surface area contributed by atoms with Gasteiger partial charge in [0, 0.05) is 10.5 Å². The minimum atomic E-state index is 0.641. The van der Waals surface area contributed by atoms with Crippen LogP contribution >= 0.6 is 12.6 Å². The lowest BCUT2D eigenvalue weighted by Gasteiger charge is -2.00. The van der Waals surface area contributed by atoms with E-state index in [0.29, 0.717) is 5.56 Å². The molecule has 0 atom stereocenters. The average molecular weight is 188 g/mol. The highest BCUT2D eigenvalue weighted by Gasteiger charge is 1.99. The summed E-state index contributed by atoms with van der Waals surface area (Å²) in [6, 6.07) is 11.7. The fourth-order valence-electron chi connectivity index (χ4n) is 1.34. The SMILES string of the molecule is O=Cc1cc2ccccc2cc1S. The first kappa shape index (κ1) is 8.32. The summed E-state index contributed by atoms with van der Waals surface area (Å²) in [5.41, 5.74) is 0.641. The van der Waals surface area contributed by atoms with Gasteiger partial charge >= 0.3 is 0 Å². The minimum absolute atomic E-state index is 0.641. The topological polar surface area (TPSA) is 17.1 Å². The summed E-state index contributed by atoms with van der Waals surface area (Å²) in [6.07, 6.45) is 0.828. The Morgan fingerprint density at radius 1 is 1.08 bits per heavy atom. The maximum Gasteiger partial charge on any atom is 0.151 e. The summed E-state index contributed by atoms with van der Waals surface area (Å²) in [6.45, 7) is 0. The fourth-order valence-corrected chi connectivity index (χ4v) is 1.60. The summed E-state index contributed by atoms with van der Waals surface area (Å²) in [4.78, 5) is 11.4. The van der Waals surface area contributed by atoms with Crippen LogP contribution in [-0.4, -0.2) is 6.29 Å². The quantitative estimate of drug-likeness (QED) is 0.538. The van der Waals surface area contributed by atoms with Gasteiger partial charge in [0.2, 0.25) is 0 Å². The highest BCUT2D eigenvalue weighted by Crippen LogP contribution is 2.21. The highest BCUT2D eigenvalue weighted by molar-refractivity contribution is 7.80. The molecule has 0 fully saturated rings. The van der Waals surface area contributed by atoms with E-state index in [9.17, 15) is 4.79 Å². The molecule has 0 aromatic heterocycles. The van der Waals surface area contributed by atoms with Gasteiger partial charge in [-0.2, -0.15) is 0 Å². The average Bonchev–Trinajstić information content (AvgIpc) is 2.17. The van der Waals surface area contributed by atoms with Crippen LogP contribution in [0.2, 0.25) is 0 Å². The van der Waals surface area contributed by atoms with Crippen molar-refractivity contribution < 1.29 is 4.79 Å². The second kappa shape index (κ2) is 3.23. The smallest absolute Gasteiger partial charge is 0.151 e. The predicted molar refractivity (Wildman–Crippen MR) is 56.6 cm³/mol. The van der Waals surface area contributed by atoms with Crippen LogP contribution in [0.5, 0.6) is 0 Å². The van der Waals surface area contributed by atoms with Crippen LogP contribution in [0.1, 0.15) is 10.4 Å². The van der Waals surface area contributed by atoms with Gasteiger partial charge in [-0.3, -0.25) is 4.79 Å². The predicted octanol–water partition coefficient (Wildman–Crippen LogP) is 2.94. The van der Waals surface area contributed by atoms with Crippen molar-refractivity contribution in [3.8, 4) is 0 Å². The summed E-state index contributed by atoms with van der Waals surface area (Å²) in [7, 11) is 0. The molecule has 2 aromatic carbocycles. The third-order valence-electron chi connectivity index (χ3n) is 2.02. The summed E-state index contributed by atoms with van der Waals surface area (Å²) in [5, 5.41) is 2.18. The molecule has 0 saturated carbocycles. The Morgan fingerprint density at radius 2 is 1.69 bits per heavy atom. The molecule has 0 heterocycles. The first-order valence-corrected chi connectivity index (χ1v) is 4.43. The molecule has 2 rings (SSSR count). The summed E-state index contributed by atoms with van der Waals surface area (Å²) < 4.78 is 0. The number of hydrogen-bond donors (Lipinski definition) is 1. The van der Waals surface area contributed by atoms with E-state index in [1.54, 1.807) is 0 Å². The van der Waals surface area contributed by atoms with Crippen LogP contribution in [0.15, 0.2) is 41.3 Å². The van der Waals surface area contributed by atoms with Gasteiger partial charge in [0.25, 0.3) is 0 Å². The maximum atomic E-state index is 10.6. The van der Waals surface area contributed by atoms with Crippen LogP contribution in [0.25, 0.3) is 10.8 Å². The molecule has 2 heteroatoms. The molecule has 0 amide bonds. The number of thiol groups is 1. The Bertz CT molecular complexity index is 463. The summed E-state index contributed by atoms with van der Waals surface area (Å²) in [5.74, 6) is 0. The molecular weight excluding hydrogens is 180 g/mol. The number of carbonyl (C=O) groups excluding carboxylic acids is 1. The monoisotopic (exact) mass is 188 g/mol. The molecule has 13 heavy (non-hydrogen) atoms. The van der Waals surface area contributed by atoms with Crippen molar-refractivity contribution in [2.45, 2.75) is 4.90 Å². The van der Waals surface area contributed by atoms with Crippen LogP contribution in [-0.2, 0) is 0 Å². The molecule has 0 saturated heterocycles. The summed E-state index contributed by atoms with van der Waals surface area (Å²) >= 11 is 4.22. The lowest BCUT2D eigenvalue weighted by Crippen LogP contribution is -1.83. The molecule has 0 radical (unpaired) electrons. The van der Waals surface area contributed by atoms with E-state index in [2.05, 4.69) is 12.6 Å². The molecule has 0 spiro atoms. The third kappa shape index (κ3) is 1.45. The Hall–Kier alpha value is -1.28. The Kier molecular flexibility index (Phi) is 2.07.